The van der Waals surface area contributed by atoms with Gasteiger partial charge in [-0.05, 0) is 79.8 Å². The van der Waals surface area contributed by atoms with E-state index in [1.807, 2.05) is 50.3 Å². The van der Waals surface area contributed by atoms with Gasteiger partial charge in [0, 0.05) is 23.0 Å². The number of anilines is 2. The molecule has 0 saturated heterocycles. The zero-order valence-electron chi connectivity index (χ0n) is 22.3. The van der Waals surface area contributed by atoms with Gasteiger partial charge >= 0.3 is 0 Å². The number of benzene rings is 3. The second-order valence-corrected chi connectivity index (χ2v) is 8.42. The highest BCUT2D eigenvalue weighted by atomic mass is 35.5. The average Bonchev–Trinajstić information content (AvgIpc) is 2.91. The summed E-state index contributed by atoms with van der Waals surface area (Å²) >= 11 is 0. The van der Waals surface area contributed by atoms with Crippen molar-refractivity contribution in [1.82, 2.24) is 9.97 Å². The summed E-state index contributed by atoms with van der Waals surface area (Å²) in [7, 11) is 0. The van der Waals surface area contributed by atoms with Crippen LogP contribution in [0.4, 0.5) is 11.6 Å². The predicted molar refractivity (Wildman–Crippen MR) is 165 cm³/mol. The maximum atomic E-state index is 12.6. The molecule has 4 nitrogen and oxygen atoms in total. The molecule has 0 radical (unpaired) electrons. The van der Waals surface area contributed by atoms with Crippen molar-refractivity contribution in [2.24, 2.45) is 0 Å². The molecule has 3 aromatic carbocycles. The Kier molecular flexibility index (Phi) is 13.7. The minimum absolute atomic E-state index is 0. The average molecular weight is 530 g/mol. The summed E-state index contributed by atoms with van der Waals surface area (Å²) in [5.41, 5.74) is 8.41. The second-order valence-electron chi connectivity index (χ2n) is 8.42. The fourth-order valence-corrected chi connectivity index (χ4v) is 3.80. The van der Waals surface area contributed by atoms with E-state index in [0.717, 1.165) is 29.8 Å². The molecule has 0 saturated carbocycles. The van der Waals surface area contributed by atoms with E-state index in [0.29, 0.717) is 11.5 Å². The van der Waals surface area contributed by atoms with Crippen molar-refractivity contribution >= 4 is 29.8 Å². The van der Waals surface area contributed by atoms with E-state index in [1.54, 1.807) is 12.3 Å². The van der Waals surface area contributed by atoms with Crippen molar-refractivity contribution in [2.45, 2.75) is 54.9 Å². The lowest BCUT2D eigenvalue weighted by atomic mass is 10.0. The zero-order valence-corrected chi connectivity index (χ0v) is 23.1. The van der Waals surface area contributed by atoms with Crippen molar-refractivity contribution < 1.29 is 4.79 Å². The van der Waals surface area contributed by atoms with Gasteiger partial charge in [0.15, 0.2) is 5.78 Å². The standard InChI is InChI=1S/C30H29N3O.C2H6.CH4.ClH/c1-4-23-9-12-25(13-10-23)28-18-19-31-30(33-28)32-27-16-14-26(15-17-27)29(34)7-5-6-24-11-8-21(2)20-22(24)3;1-2;;/h5,7-20H,4,6H2,1-3H3,(H,31,32,33);1-2H3;1H4;1H/b7-5+;;;. The normalized spacial score (nSPS) is 10.0. The second kappa shape index (κ2) is 16.2. The fraction of sp³-hybridized carbons (Fsp3) is 0.242. The smallest absolute Gasteiger partial charge is 0.227 e. The molecule has 0 amide bonds. The Morgan fingerprint density at radius 2 is 1.61 bits per heavy atom. The molecule has 1 heterocycles. The molecule has 0 aliphatic rings. The molecule has 5 heteroatoms. The fourth-order valence-electron chi connectivity index (χ4n) is 3.80. The summed E-state index contributed by atoms with van der Waals surface area (Å²) in [5.74, 6) is 0.509. The number of carbonyl (C=O) groups excluding carboxylic acids is 1. The number of halogens is 1. The Labute approximate surface area is 234 Å². The number of nitrogens with zero attached hydrogens (tertiary/aromatic N) is 2. The maximum Gasteiger partial charge on any atom is 0.227 e. The largest absolute Gasteiger partial charge is 0.324 e. The first-order valence-corrected chi connectivity index (χ1v) is 12.6. The van der Waals surface area contributed by atoms with Gasteiger partial charge in [-0.25, -0.2) is 9.97 Å². The summed E-state index contributed by atoms with van der Waals surface area (Å²) in [5, 5.41) is 3.23. The Morgan fingerprint density at radius 3 is 2.24 bits per heavy atom. The number of hydrogen-bond acceptors (Lipinski definition) is 4. The van der Waals surface area contributed by atoms with E-state index < -0.39 is 0 Å². The Hall–Kier alpha value is -3.76. The van der Waals surface area contributed by atoms with Gasteiger partial charge < -0.3 is 5.32 Å². The highest BCUT2D eigenvalue weighted by Gasteiger charge is 2.06. The van der Waals surface area contributed by atoms with Crippen LogP contribution in [0.3, 0.4) is 0 Å². The Morgan fingerprint density at radius 1 is 0.921 bits per heavy atom. The van der Waals surface area contributed by atoms with Gasteiger partial charge in [0.05, 0.1) is 5.69 Å². The highest BCUT2D eigenvalue weighted by molar-refractivity contribution is 6.04. The molecular formula is C33H40ClN3O. The number of nitrogens with one attached hydrogen (secondary N) is 1. The minimum atomic E-state index is -0.00918. The molecule has 0 aliphatic carbocycles. The zero-order chi connectivity index (χ0) is 25.9. The van der Waals surface area contributed by atoms with Crippen LogP contribution < -0.4 is 5.32 Å². The van der Waals surface area contributed by atoms with Crippen LogP contribution in [-0.4, -0.2) is 15.8 Å². The lowest BCUT2D eigenvalue weighted by Crippen LogP contribution is -1.99. The molecule has 200 valence electrons. The van der Waals surface area contributed by atoms with E-state index in [9.17, 15) is 4.79 Å². The van der Waals surface area contributed by atoms with Crippen LogP contribution in [0.1, 0.15) is 60.8 Å². The summed E-state index contributed by atoms with van der Waals surface area (Å²) in [6, 6.07) is 24.1. The topological polar surface area (TPSA) is 54.9 Å². The maximum absolute atomic E-state index is 12.6. The van der Waals surface area contributed by atoms with Crippen LogP contribution in [0.5, 0.6) is 0 Å². The molecule has 0 atom stereocenters. The van der Waals surface area contributed by atoms with E-state index >= 15 is 0 Å². The molecule has 1 aromatic heterocycles. The predicted octanol–water partition coefficient (Wildman–Crippen LogP) is 9.13. The molecule has 38 heavy (non-hydrogen) atoms. The Bertz CT molecular complexity index is 1310. The summed E-state index contributed by atoms with van der Waals surface area (Å²) in [4.78, 5) is 21.5. The number of allylic oxidation sites excluding steroid dienone is 2. The van der Waals surface area contributed by atoms with Crippen LogP contribution in [0, 0.1) is 13.8 Å². The first-order chi connectivity index (χ1) is 17.5. The molecule has 1 N–H and O–H groups in total. The molecule has 4 aromatic rings. The first kappa shape index (κ1) is 32.3. The summed E-state index contributed by atoms with van der Waals surface area (Å²) < 4.78 is 0. The van der Waals surface area contributed by atoms with Gasteiger partial charge in [-0.2, -0.15) is 0 Å². The molecule has 0 aliphatic heterocycles. The van der Waals surface area contributed by atoms with Crippen LogP contribution in [-0.2, 0) is 12.8 Å². The first-order valence-electron chi connectivity index (χ1n) is 12.6. The molecule has 0 unspecified atom stereocenters. The molecule has 0 spiro atoms. The third-order valence-electron chi connectivity index (χ3n) is 5.84. The molecule has 4 rings (SSSR count). The number of aromatic nitrogens is 2. The van der Waals surface area contributed by atoms with Crippen molar-refractivity contribution in [2.75, 3.05) is 5.32 Å². The number of ketones is 1. The number of rotatable bonds is 8. The van der Waals surface area contributed by atoms with Crippen molar-refractivity contribution in [1.29, 1.82) is 0 Å². The van der Waals surface area contributed by atoms with Crippen LogP contribution in [0.25, 0.3) is 11.3 Å². The molecule has 0 fully saturated rings. The highest BCUT2D eigenvalue weighted by Crippen LogP contribution is 2.21. The van der Waals surface area contributed by atoms with Crippen molar-refractivity contribution in [3.8, 4) is 11.3 Å². The summed E-state index contributed by atoms with van der Waals surface area (Å²) in [6.07, 6.45) is 7.08. The van der Waals surface area contributed by atoms with Crippen LogP contribution in [0.15, 0.2) is 91.1 Å². The third kappa shape index (κ3) is 8.97. The third-order valence-corrected chi connectivity index (χ3v) is 5.84. The van der Waals surface area contributed by atoms with Gasteiger partial charge in [0.1, 0.15) is 0 Å². The monoisotopic (exact) mass is 529 g/mol. The van der Waals surface area contributed by atoms with Gasteiger partial charge in [-0.1, -0.05) is 82.3 Å². The van der Waals surface area contributed by atoms with Gasteiger partial charge in [-0.15, -0.1) is 12.4 Å². The van der Waals surface area contributed by atoms with Gasteiger partial charge in [-0.3, -0.25) is 4.79 Å². The minimum Gasteiger partial charge on any atom is -0.324 e. The van der Waals surface area contributed by atoms with E-state index in [1.165, 1.54) is 22.3 Å². The van der Waals surface area contributed by atoms with Crippen molar-refractivity contribution in [3.05, 3.63) is 119 Å². The van der Waals surface area contributed by atoms with Gasteiger partial charge in [0.25, 0.3) is 0 Å². The SMILES string of the molecule is C.CC.CCc1ccc(-c2ccnc(Nc3ccc(C(=O)/C=C/Cc4ccc(C)cc4C)cc3)n2)cc1.Cl. The van der Waals surface area contributed by atoms with Crippen LogP contribution in [0.2, 0.25) is 0 Å². The van der Waals surface area contributed by atoms with E-state index in [-0.39, 0.29) is 25.6 Å². The van der Waals surface area contributed by atoms with E-state index in [2.05, 4.69) is 78.5 Å². The quantitative estimate of drug-likeness (QED) is 0.182. The molecule has 0 bridgehead atoms. The van der Waals surface area contributed by atoms with Crippen molar-refractivity contribution in [3.63, 3.8) is 0 Å². The lowest BCUT2D eigenvalue weighted by molar-refractivity contribution is 0.104. The number of hydrogen-bond donors (Lipinski definition) is 1. The van der Waals surface area contributed by atoms with E-state index in [4.69, 9.17) is 0 Å². The van der Waals surface area contributed by atoms with Crippen LogP contribution >= 0.6 is 12.4 Å². The summed E-state index contributed by atoms with van der Waals surface area (Å²) in [6.45, 7) is 10.3. The van der Waals surface area contributed by atoms with Gasteiger partial charge in [0.2, 0.25) is 5.95 Å². The number of carbonyl (C=O) groups is 1. The Balaban J connectivity index is 0.00000176. The molecular weight excluding hydrogens is 490 g/mol. The number of aryl methyl sites for hydroxylation is 3. The lowest BCUT2D eigenvalue weighted by Gasteiger charge is -2.08.